The fourth-order valence-electron chi connectivity index (χ4n) is 3.09. The van der Waals surface area contributed by atoms with Crippen molar-refractivity contribution < 1.29 is 9.18 Å². The molecule has 0 unspecified atom stereocenters. The maximum absolute atomic E-state index is 13.1. The van der Waals surface area contributed by atoms with Crippen molar-refractivity contribution in [2.24, 2.45) is 0 Å². The summed E-state index contributed by atoms with van der Waals surface area (Å²) in [5.41, 5.74) is 3.07. The van der Waals surface area contributed by atoms with Crippen LogP contribution in [0.2, 0.25) is 0 Å². The first kappa shape index (κ1) is 17.4. The first-order valence-electron chi connectivity index (χ1n) is 8.71. The quantitative estimate of drug-likeness (QED) is 0.814. The first-order chi connectivity index (χ1) is 12.2. The molecule has 3 nitrogen and oxygen atoms in total. The third-order valence-corrected chi connectivity index (χ3v) is 4.44. The molecule has 0 saturated carbocycles. The lowest BCUT2D eigenvalue weighted by Gasteiger charge is -2.17. The van der Waals surface area contributed by atoms with Gasteiger partial charge in [-0.2, -0.15) is 0 Å². The fraction of sp³-hybridized carbons (Fsp3) is 0.286. The molecule has 3 rings (SSSR count). The van der Waals surface area contributed by atoms with E-state index in [1.54, 1.807) is 18.2 Å². The van der Waals surface area contributed by atoms with Crippen LogP contribution in [-0.4, -0.2) is 23.9 Å². The summed E-state index contributed by atoms with van der Waals surface area (Å²) in [6.07, 6.45) is 5.60. The standard InChI is InChI=1S/C21H23FN2O/c22-20-9-5-6-17(14-20)10-11-21(25)23-15-18-7-1-2-8-19(18)16-24-12-3-4-13-24/h1-2,5-11,14H,3-4,12-13,15-16H2,(H,23,25)/b11-10+. The highest BCUT2D eigenvalue weighted by Crippen LogP contribution is 2.16. The number of amides is 1. The fourth-order valence-corrected chi connectivity index (χ4v) is 3.09. The van der Waals surface area contributed by atoms with Gasteiger partial charge in [0.25, 0.3) is 0 Å². The van der Waals surface area contributed by atoms with Crippen LogP contribution in [0.1, 0.15) is 29.5 Å². The molecule has 25 heavy (non-hydrogen) atoms. The van der Waals surface area contributed by atoms with Crippen molar-refractivity contribution in [3.8, 4) is 0 Å². The van der Waals surface area contributed by atoms with E-state index in [1.807, 2.05) is 12.1 Å². The lowest BCUT2D eigenvalue weighted by atomic mass is 10.1. The van der Waals surface area contributed by atoms with Crippen LogP contribution in [0.5, 0.6) is 0 Å². The summed E-state index contributed by atoms with van der Waals surface area (Å²) in [7, 11) is 0. The van der Waals surface area contributed by atoms with E-state index in [9.17, 15) is 9.18 Å². The Hall–Kier alpha value is -2.46. The number of hydrogen-bond donors (Lipinski definition) is 1. The van der Waals surface area contributed by atoms with Gasteiger partial charge >= 0.3 is 0 Å². The Morgan fingerprint density at radius 2 is 1.84 bits per heavy atom. The molecule has 0 aromatic heterocycles. The molecule has 1 saturated heterocycles. The molecule has 130 valence electrons. The predicted octanol–water partition coefficient (Wildman–Crippen LogP) is 3.75. The average Bonchev–Trinajstić information content (AvgIpc) is 3.12. The largest absolute Gasteiger partial charge is 0.348 e. The van der Waals surface area contributed by atoms with Crippen LogP contribution in [0.4, 0.5) is 4.39 Å². The van der Waals surface area contributed by atoms with Crippen LogP contribution >= 0.6 is 0 Å². The Balaban J connectivity index is 1.56. The second kappa shape index (κ2) is 8.58. The maximum atomic E-state index is 13.1. The summed E-state index contributed by atoms with van der Waals surface area (Å²) in [5.74, 6) is -0.487. The molecule has 0 spiro atoms. The molecule has 0 radical (unpaired) electrons. The van der Waals surface area contributed by atoms with Gasteiger partial charge in [0.1, 0.15) is 5.82 Å². The summed E-state index contributed by atoms with van der Waals surface area (Å²) in [5, 5.41) is 2.91. The normalized spacial score (nSPS) is 14.9. The van der Waals surface area contributed by atoms with Crippen molar-refractivity contribution in [3.63, 3.8) is 0 Å². The van der Waals surface area contributed by atoms with Gasteiger partial charge < -0.3 is 5.32 Å². The SMILES string of the molecule is O=C(/C=C/c1cccc(F)c1)NCc1ccccc1CN1CCCC1. The topological polar surface area (TPSA) is 32.3 Å². The molecule has 0 bridgehead atoms. The number of carbonyl (C=O) groups excluding carboxylic acids is 1. The highest BCUT2D eigenvalue weighted by Gasteiger charge is 2.13. The molecule has 0 aliphatic carbocycles. The Morgan fingerprint density at radius 1 is 1.08 bits per heavy atom. The molecule has 1 N–H and O–H groups in total. The van der Waals surface area contributed by atoms with Crippen LogP contribution in [-0.2, 0) is 17.9 Å². The Bertz CT molecular complexity index is 751. The first-order valence-corrected chi connectivity index (χ1v) is 8.71. The lowest BCUT2D eigenvalue weighted by molar-refractivity contribution is -0.116. The van der Waals surface area contributed by atoms with E-state index >= 15 is 0 Å². The molecule has 1 fully saturated rings. The molecule has 4 heteroatoms. The van der Waals surface area contributed by atoms with E-state index in [0.29, 0.717) is 12.1 Å². The molecule has 0 atom stereocenters. The third-order valence-electron chi connectivity index (χ3n) is 4.44. The molecule has 1 aliphatic rings. The molecule has 1 heterocycles. The van der Waals surface area contributed by atoms with Gasteiger partial charge in [0.15, 0.2) is 0 Å². The Labute approximate surface area is 148 Å². The Morgan fingerprint density at radius 3 is 2.60 bits per heavy atom. The monoisotopic (exact) mass is 338 g/mol. The molecule has 1 amide bonds. The zero-order chi connectivity index (χ0) is 17.5. The smallest absolute Gasteiger partial charge is 0.244 e. The van der Waals surface area contributed by atoms with Crippen LogP contribution in [0.3, 0.4) is 0 Å². The predicted molar refractivity (Wildman–Crippen MR) is 98.2 cm³/mol. The van der Waals surface area contributed by atoms with Crippen molar-refractivity contribution in [2.75, 3.05) is 13.1 Å². The van der Waals surface area contributed by atoms with E-state index in [2.05, 4.69) is 22.3 Å². The molecule has 1 aliphatic heterocycles. The minimum atomic E-state index is -0.307. The van der Waals surface area contributed by atoms with Crippen molar-refractivity contribution in [1.82, 2.24) is 10.2 Å². The zero-order valence-corrected chi connectivity index (χ0v) is 14.2. The van der Waals surface area contributed by atoms with E-state index in [4.69, 9.17) is 0 Å². The maximum Gasteiger partial charge on any atom is 0.244 e. The number of nitrogens with zero attached hydrogens (tertiary/aromatic N) is 1. The van der Waals surface area contributed by atoms with Gasteiger partial charge in [-0.05, 0) is 60.8 Å². The number of rotatable bonds is 6. The second-order valence-corrected chi connectivity index (χ2v) is 6.36. The van der Waals surface area contributed by atoms with Crippen molar-refractivity contribution in [1.29, 1.82) is 0 Å². The highest BCUT2D eigenvalue weighted by atomic mass is 19.1. The number of nitrogens with one attached hydrogen (secondary N) is 1. The van der Waals surface area contributed by atoms with Gasteiger partial charge in [-0.15, -0.1) is 0 Å². The van der Waals surface area contributed by atoms with Gasteiger partial charge in [-0.3, -0.25) is 9.69 Å². The van der Waals surface area contributed by atoms with Gasteiger partial charge in [0, 0.05) is 19.2 Å². The van der Waals surface area contributed by atoms with Crippen molar-refractivity contribution >= 4 is 12.0 Å². The number of halogens is 1. The van der Waals surface area contributed by atoms with E-state index < -0.39 is 0 Å². The van der Waals surface area contributed by atoms with Crippen molar-refractivity contribution in [2.45, 2.75) is 25.9 Å². The summed E-state index contributed by atoms with van der Waals surface area (Å²) >= 11 is 0. The van der Waals surface area contributed by atoms with E-state index in [1.165, 1.54) is 36.6 Å². The summed E-state index contributed by atoms with van der Waals surface area (Å²) < 4.78 is 13.1. The van der Waals surface area contributed by atoms with Gasteiger partial charge in [-0.25, -0.2) is 4.39 Å². The van der Waals surface area contributed by atoms with E-state index in [-0.39, 0.29) is 11.7 Å². The Kier molecular flexibility index (Phi) is 5.96. The third kappa shape index (κ3) is 5.26. The summed E-state index contributed by atoms with van der Waals surface area (Å²) in [6, 6.07) is 14.4. The van der Waals surface area contributed by atoms with Gasteiger partial charge in [-0.1, -0.05) is 36.4 Å². The highest BCUT2D eigenvalue weighted by molar-refractivity contribution is 5.91. The number of benzene rings is 2. The molecular formula is C21H23FN2O. The van der Waals surface area contributed by atoms with Crippen LogP contribution in [0, 0.1) is 5.82 Å². The van der Waals surface area contributed by atoms with Gasteiger partial charge in [0.05, 0.1) is 0 Å². The summed E-state index contributed by atoms with van der Waals surface area (Å²) in [4.78, 5) is 14.5. The second-order valence-electron chi connectivity index (χ2n) is 6.36. The molecule has 2 aromatic carbocycles. The minimum Gasteiger partial charge on any atom is -0.348 e. The average molecular weight is 338 g/mol. The number of carbonyl (C=O) groups is 1. The molecular weight excluding hydrogens is 315 g/mol. The van der Waals surface area contributed by atoms with E-state index in [0.717, 1.165) is 25.2 Å². The van der Waals surface area contributed by atoms with Crippen LogP contribution in [0.15, 0.2) is 54.6 Å². The number of hydrogen-bond acceptors (Lipinski definition) is 2. The van der Waals surface area contributed by atoms with Crippen LogP contribution in [0.25, 0.3) is 6.08 Å². The number of likely N-dealkylation sites (tertiary alicyclic amines) is 1. The zero-order valence-electron chi connectivity index (χ0n) is 14.2. The van der Waals surface area contributed by atoms with Gasteiger partial charge in [0.2, 0.25) is 5.91 Å². The summed E-state index contributed by atoms with van der Waals surface area (Å²) in [6.45, 7) is 3.73. The van der Waals surface area contributed by atoms with Crippen LogP contribution < -0.4 is 5.32 Å². The minimum absolute atomic E-state index is 0.180. The van der Waals surface area contributed by atoms with Crippen molar-refractivity contribution in [3.05, 3.63) is 77.1 Å². The molecule has 2 aromatic rings. The lowest BCUT2D eigenvalue weighted by Crippen LogP contribution is -2.23.